The molecule has 0 aromatic rings. The SMILES string of the molecule is NC(=O)C1(N2CCCCC2)CCCC1. The van der Waals surface area contributed by atoms with Crippen molar-refractivity contribution in [2.75, 3.05) is 13.1 Å². The molecule has 14 heavy (non-hydrogen) atoms. The van der Waals surface area contributed by atoms with Crippen LogP contribution in [0.1, 0.15) is 44.9 Å². The molecule has 0 aromatic carbocycles. The Morgan fingerprint density at radius 2 is 1.57 bits per heavy atom. The van der Waals surface area contributed by atoms with Gasteiger partial charge in [0.25, 0.3) is 0 Å². The Bertz CT molecular complexity index is 215. The van der Waals surface area contributed by atoms with Crippen LogP contribution in [0.5, 0.6) is 0 Å². The first-order valence-corrected chi connectivity index (χ1v) is 5.81. The van der Waals surface area contributed by atoms with E-state index in [1.54, 1.807) is 0 Å². The van der Waals surface area contributed by atoms with Crippen LogP contribution in [-0.2, 0) is 4.79 Å². The molecule has 80 valence electrons. The van der Waals surface area contributed by atoms with Crippen molar-refractivity contribution in [3.63, 3.8) is 0 Å². The summed E-state index contributed by atoms with van der Waals surface area (Å²) in [4.78, 5) is 14.0. The highest BCUT2D eigenvalue weighted by Crippen LogP contribution is 2.36. The summed E-state index contributed by atoms with van der Waals surface area (Å²) in [5.41, 5.74) is 5.32. The lowest BCUT2D eigenvalue weighted by Crippen LogP contribution is -2.57. The van der Waals surface area contributed by atoms with E-state index >= 15 is 0 Å². The van der Waals surface area contributed by atoms with Gasteiger partial charge < -0.3 is 5.73 Å². The van der Waals surface area contributed by atoms with Crippen LogP contribution in [-0.4, -0.2) is 29.4 Å². The van der Waals surface area contributed by atoms with Crippen LogP contribution < -0.4 is 5.73 Å². The first-order valence-electron chi connectivity index (χ1n) is 5.81. The zero-order valence-electron chi connectivity index (χ0n) is 8.80. The maximum atomic E-state index is 11.6. The van der Waals surface area contributed by atoms with E-state index in [-0.39, 0.29) is 11.4 Å². The average molecular weight is 196 g/mol. The van der Waals surface area contributed by atoms with E-state index in [1.165, 1.54) is 32.1 Å². The van der Waals surface area contributed by atoms with Crippen molar-refractivity contribution in [3.8, 4) is 0 Å². The van der Waals surface area contributed by atoms with Gasteiger partial charge >= 0.3 is 0 Å². The zero-order chi connectivity index (χ0) is 10.0. The van der Waals surface area contributed by atoms with Crippen molar-refractivity contribution in [2.45, 2.75) is 50.5 Å². The van der Waals surface area contributed by atoms with Gasteiger partial charge in [0.1, 0.15) is 5.54 Å². The number of carbonyl (C=O) groups is 1. The summed E-state index contributed by atoms with van der Waals surface area (Å²) in [6.45, 7) is 2.14. The summed E-state index contributed by atoms with van der Waals surface area (Å²) in [6, 6.07) is 0. The number of amides is 1. The number of nitrogens with zero attached hydrogens (tertiary/aromatic N) is 1. The molecule has 0 radical (unpaired) electrons. The van der Waals surface area contributed by atoms with Gasteiger partial charge in [-0.05, 0) is 38.8 Å². The number of hydrogen-bond donors (Lipinski definition) is 1. The first kappa shape index (κ1) is 9.97. The van der Waals surface area contributed by atoms with E-state index in [0.717, 1.165) is 25.9 Å². The molecule has 1 saturated heterocycles. The van der Waals surface area contributed by atoms with Crippen LogP contribution in [0.25, 0.3) is 0 Å². The second kappa shape index (κ2) is 3.89. The van der Waals surface area contributed by atoms with Crippen molar-refractivity contribution in [2.24, 2.45) is 5.73 Å². The number of carbonyl (C=O) groups excluding carboxylic acids is 1. The Hall–Kier alpha value is -0.570. The molecule has 3 nitrogen and oxygen atoms in total. The average Bonchev–Trinajstić information content (AvgIpc) is 2.69. The molecule has 1 saturated carbocycles. The number of hydrogen-bond acceptors (Lipinski definition) is 2. The third-order valence-electron chi connectivity index (χ3n) is 3.85. The fraction of sp³-hybridized carbons (Fsp3) is 0.909. The third kappa shape index (κ3) is 1.54. The molecular formula is C11H20N2O. The molecule has 2 fully saturated rings. The Morgan fingerprint density at radius 1 is 1.00 bits per heavy atom. The van der Waals surface area contributed by atoms with Crippen LogP contribution in [0.2, 0.25) is 0 Å². The Kier molecular flexibility index (Phi) is 2.77. The van der Waals surface area contributed by atoms with Gasteiger partial charge in [0.2, 0.25) is 5.91 Å². The molecule has 0 bridgehead atoms. The summed E-state index contributed by atoms with van der Waals surface area (Å²) in [6.07, 6.45) is 8.08. The molecule has 1 amide bonds. The quantitative estimate of drug-likeness (QED) is 0.723. The van der Waals surface area contributed by atoms with Gasteiger partial charge in [0.05, 0.1) is 0 Å². The number of primary amides is 1. The summed E-state index contributed by atoms with van der Waals surface area (Å²) in [5, 5.41) is 0. The summed E-state index contributed by atoms with van der Waals surface area (Å²) in [5.74, 6) is -0.0862. The minimum atomic E-state index is -0.263. The summed E-state index contributed by atoms with van der Waals surface area (Å²) < 4.78 is 0. The molecule has 2 rings (SSSR count). The first-order chi connectivity index (χ1) is 6.76. The van der Waals surface area contributed by atoms with Crippen molar-refractivity contribution in [3.05, 3.63) is 0 Å². The fourth-order valence-corrected chi connectivity index (χ4v) is 3.00. The van der Waals surface area contributed by atoms with Crippen LogP contribution in [0.15, 0.2) is 0 Å². The molecule has 0 unspecified atom stereocenters. The Morgan fingerprint density at radius 3 is 2.07 bits per heavy atom. The molecule has 1 aliphatic carbocycles. The monoisotopic (exact) mass is 196 g/mol. The molecule has 1 heterocycles. The topological polar surface area (TPSA) is 46.3 Å². The van der Waals surface area contributed by atoms with Crippen LogP contribution in [0, 0.1) is 0 Å². The second-order valence-electron chi connectivity index (χ2n) is 4.65. The van der Waals surface area contributed by atoms with E-state index in [2.05, 4.69) is 4.90 Å². The molecule has 2 aliphatic rings. The van der Waals surface area contributed by atoms with Gasteiger partial charge in [-0.3, -0.25) is 9.69 Å². The predicted molar refractivity (Wildman–Crippen MR) is 55.8 cm³/mol. The molecular weight excluding hydrogens is 176 g/mol. The Labute approximate surface area is 85.6 Å². The van der Waals surface area contributed by atoms with Gasteiger partial charge in [0, 0.05) is 0 Å². The van der Waals surface area contributed by atoms with E-state index < -0.39 is 0 Å². The van der Waals surface area contributed by atoms with E-state index in [4.69, 9.17) is 5.73 Å². The second-order valence-corrected chi connectivity index (χ2v) is 4.65. The van der Waals surface area contributed by atoms with Crippen LogP contribution in [0.3, 0.4) is 0 Å². The summed E-state index contributed by atoms with van der Waals surface area (Å²) >= 11 is 0. The van der Waals surface area contributed by atoms with Crippen LogP contribution >= 0.6 is 0 Å². The lowest BCUT2D eigenvalue weighted by Gasteiger charge is -2.41. The normalized spacial score (nSPS) is 27.7. The number of nitrogens with two attached hydrogens (primary N) is 1. The maximum Gasteiger partial charge on any atom is 0.237 e. The van der Waals surface area contributed by atoms with Crippen LogP contribution in [0.4, 0.5) is 0 Å². The standard InChI is InChI=1S/C11H20N2O/c12-10(14)11(6-2-3-7-11)13-8-4-1-5-9-13/h1-9H2,(H2,12,14). The zero-order valence-corrected chi connectivity index (χ0v) is 8.80. The Balaban J connectivity index is 2.12. The molecule has 0 atom stereocenters. The largest absolute Gasteiger partial charge is 0.368 e. The molecule has 1 aliphatic heterocycles. The van der Waals surface area contributed by atoms with Crippen molar-refractivity contribution < 1.29 is 4.79 Å². The van der Waals surface area contributed by atoms with E-state index in [0.29, 0.717) is 0 Å². The highest BCUT2D eigenvalue weighted by atomic mass is 16.1. The molecule has 0 spiro atoms. The minimum absolute atomic E-state index is 0.0862. The molecule has 3 heteroatoms. The number of piperidine rings is 1. The lowest BCUT2D eigenvalue weighted by molar-refractivity contribution is -0.130. The third-order valence-corrected chi connectivity index (χ3v) is 3.85. The van der Waals surface area contributed by atoms with Gasteiger partial charge in [-0.15, -0.1) is 0 Å². The lowest BCUT2D eigenvalue weighted by atomic mass is 9.91. The van der Waals surface area contributed by atoms with Gasteiger partial charge in [-0.25, -0.2) is 0 Å². The molecule has 2 N–H and O–H groups in total. The highest BCUT2D eigenvalue weighted by Gasteiger charge is 2.44. The van der Waals surface area contributed by atoms with Gasteiger partial charge in [0.15, 0.2) is 0 Å². The highest BCUT2D eigenvalue weighted by molar-refractivity contribution is 5.85. The maximum absolute atomic E-state index is 11.6. The number of likely N-dealkylation sites (tertiary alicyclic amines) is 1. The fourth-order valence-electron chi connectivity index (χ4n) is 3.00. The van der Waals surface area contributed by atoms with E-state index in [1.807, 2.05) is 0 Å². The summed E-state index contributed by atoms with van der Waals surface area (Å²) in [7, 11) is 0. The van der Waals surface area contributed by atoms with Gasteiger partial charge in [-0.1, -0.05) is 19.3 Å². The van der Waals surface area contributed by atoms with Crippen molar-refractivity contribution >= 4 is 5.91 Å². The van der Waals surface area contributed by atoms with Crippen molar-refractivity contribution in [1.82, 2.24) is 4.90 Å². The number of rotatable bonds is 2. The predicted octanol–water partition coefficient (Wildman–Crippen LogP) is 1.27. The van der Waals surface area contributed by atoms with Gasteiger partial charge in [-0.2, -0.15) is 0 Å². The molecule has 0 aromatic heterocycles. The smallest absolute Gasteiger partial charge is 0.237 e. The van der Waals surface area contributed by atoms with E-state index in [9.17, 15) is 4.79 Å². The minimum Gasteiger partial charge on any atom is -0.368 e. The van der Waals surface area contributed by atoms with Crippen molar-refractivity contribution in [1.29, 1.82) is 0 Å².